The minimum Gasteiger partial charge on any atom is -0.360 e. The van der Waals surface area contributed by atoms with Gasteiger partial charge in [0, 0.05) is 37.8 Å². The zero-order valence-electron chi connectivity index (χ0n) is 16.0. The van der Waals surface area contributed by atoms with E-state index < -0.39 is 17.8 Å². The number of anilines is 2. The summed E-state index contributed by atoms with van der Waals surface area (Å²) in [4.78, 5) is 25.2. The molecular weight excluding hydrogens is 371 g/mol. The molecule has 2 amide bonds. The number of hydrogen-bond donors (Lipinski definition) is 1. The molecule has 1 aromatic heterocycles. The lowest BCUT2D eigenvalue weighted by Crippen LogP contribution is -2.40. The highest BCUT2D eigenvalue weighted by Crippen LogP contribution is 2.31. The average Bonchev–Trinajstić information content (AvgIpc) is 2.65. The monoisotopic (exact) mass is 393 g/mol. The van der Waals surface area contributed by atoms with Crippen molar-refractivity contribution in [1.29, 1.82) is 0 Å². The zero-order chi connectivity index (χ0) is 20.5. The summed E-state index contributed by atoms with van der Waals surface area (Å²) in [6.07, 6.45) is -3.89. The van der Waals surface area contributed by atoms with Gasteiger partial charge in [-0.2, -0.15) is 13.2 Å². The average molecular weight is 393 g/mol. The topological polar surface area (TPSA) is 61.4 Å². The molecular formula is C19H22F3N5O. The minimum atomic E-state index is -4.46. The molecule has 1 aliphatic rings. The van der Waals surface area contributed by atoms with Gasteiger partial charge in [0.15, 0.2) is 0 Å². The van der Waals surface area contributed by atoms with Crippen LogP contribution in [0.15, 0.2) is 24.3 Å². The lowest BCUT2D eigenvalue weighted by Gasteiger charge is -2.31. The highest BCUT2D eigenvalue weighted by Gasteiger charge is 2.31. The molecule has 0 spiro atoms. The Bertz CT molecular complexity index is 884. The maximum atomic E-state index is 12.9. The fourth-order valence-corrected chi connectivity index (χ4v) is 3.13. The second kappa shape index (κ2) is 7.65. The number of nitrogens with one attached hydrogen (secondary N) is 1. The number of amides is 2. The van der Waals surface area contributed by atoms with Crippen LogP contribution < -0.4 is 10.2 Å². The van der Waals surface area contributed by atoms with Crippen LogP contribution in [0, 0.1) is 6.92 Å². The van der Waals surface area contributed by atoms with Crippen LogP contribution in [0.3, 0.4) is 0 Å². The van der Waals surface area contributed by atoms with Crippen molar-refractivity contribution >= 4 is 17.5 Å². The second-order valence-corrected chi connectivity index (χ2v) is 6.71. The Balaban J connectivity index is 1.80. The van der Waals surface area contributed by atoms with E-state index >= 15 is 0 Å². The van der Waals surface area contributed by atoms with Gasteiger partial charge in [-0.15, -0.1) is 0 Å². The first-order valence-corrected chi connectivity index (χ1v) is 8.99. The summed E-state index contributed by atoms with van der Waals surface area (Å²) < 4.78 is 38.6. The Labute approximate surface area is 161 Å². The maximum Gasteiger partial charge on any atom is 0.416 e. The maximum absolute atomic E-state index is 12.9. The molecule has 0 bridgehead atoms. The van der Waals surface area contributed by atoms with Crippen molar-refractivity contribution in [2.45, 2.75) is 33.0 Å². The van der Waals surface area contributed by atoms with E-state index in [2.05, 4.69) is 15.3 Å². The third kappa shape index (κ3) is 4.18. The Hall–Kier alpha value is -2.84. The van der Waals surface area contributed by atoms with E-state index in [0.717, 1.165) is 35.8 Å². The molecule has 0 saturated carbocycles. The Morgan fingerprint density at radius 3 is 2.75 bits per heavy atom. The van der Waals surface area contributed by atoms with Crippen molar-refractivity contribution < 1.29 is 18.0 Å². The Morgan fingerprint density at radius 2 is 2.07 bits per heavy atom. The van der Waals surface area contributed by atoms with Crippen LogP contribution in [0.4, 0.5) is 29.5 Å². The number of aryl methyl sites for hydroxylation is 1. The molecule has 0 aliphatic carbocycles. The number of rotatable bonds is 3. The highest BCUT2D eigenvalue weighted by atomic mass is 19.4. The fourth-order valence-electron chi connectivity index (χ4n) is 3.13. The van der Waals surface area contributed by atoms with Crippen LogP contribution in [0.5, 0.6) is 0 Å². The lowest BCUT2D eigenvalue weighted by atomic mass is 10.1. The van der Waals surface area contributed by atoms with E-state index in [1.807, 2.05) is 25.8 Å². The van der Waals surface area contributed by atoms with Gasteiger partial charge in [-0.05, 0) is 32.0 Å². The van der Waals surface area contributed by atoms with Crippen LogP contribution >= 0.6 is 0 Å². The summed E-state index contributed by atoms with van der Waals surface area (Å²) in [6, 6.07) is 4.16. The molecule has 1 N–H and O–H groups in total. The van der Waals surface area contributed by atoms with Crippen molar-refractivity contribution in [2.75, 3.05) is 30.4 Å². The molecule has 3 rings (SSSR count). The molecule has 0 atom stereocenters. The quantitative estimate of drug-likeness (QED) is 0.861. The summed E-state index contributed by atoms with van der Waals surface area (Å²) in [7, 11) is 1.92. The lowest BCUT2D eigenvalue weighted by molar-refractivity contribution is -0.137. The predicted molar refractivity (Wildman–Crippen MR) is 100 cm³/mol. The van der Waals surface area contributed by atoms with E-state index in [1.54, 1.807) is 4.90 Å². The third-order valence-electron chi connectivity index (χ3n) is 4.71. The van der Waals surface area contributed by atoms with E-state index in [0.29, 0.717) is 25.3 Å². The van der Waals surface area contributed by atoms with Crippen LogP contribution in [-0.2, 0) is 19.1 Å². The Kier molecular flexibility index (Phi) is 5.44. The summed E-state index contributed by atoms with van der Waals surface area (Å²) in [6.45, 7) is 5.33. The van der Waals surface area contributed by atoms with Gasteiger partial charge in [-0.25, -0.2) is 14.8 Å². The number of alkyl halides is 3. The summed E-state index contributed by atoms with van der Waals surface area (Å²) >= 11 is 0. The van der Waals surface area contributed by atoms with Crippen molar-refractivity contribution in [3.05, 3.63) is 46.9 Å². The van der Waals surface area contributed by atoms with Crippen LogP contribution in [0.2, 0.25) is 0 Å². The van der Waals surface area contributed by atoms with Gasteiger partial charge in [0.05, 0.1) is 17.8 Å². The number of benzene rings is 1. The zero-order valence-corrected chi connectivity index (χ0v) is 16.0. The fraction of sp³-hybridized carbons (Fsp3) is 0.421. The molecule has 2 aromatic rings. The number of fused-ring (bicyclic) bond motifs is 1. The molecule has 0 saturated heterocycles. The molecule has 6 nitrogen and oxygen atoms in total. The molecule has 1 aliphatic heterocycles. The number of aromatic nitrogens is 2. The van der Waals surface area contributed by atoms with Gasteiger partial charge in [0.1, 0.15) is 11.6 Å². The van der Waals surface area contributed by atoms with Crippen molar-refractivity contribution in [3.63, 3.8) is 0 Å². The van der Waals surface area contributed by atoms with Gasteiger partial charge in [0.25, 0.3) is 0 Å². The SMILES string of the molecule is CCN(C)c1nc(C)nc2c1CN(C(=O)Nc1cccc(C(F)(F)F)c1)CC2. The van der Waals surface area contributed by atoms with Gasteiger partial charge in [-0.1, -0.05) is 6.07 Å². The van der Waals surface area contributed by atoms with Crippen molar-refractivity contribution in [2.24, 2.45) is 0 Å². The number of halogens is 3. The highest BCUT2D eigenvalue weighted by molar-refractivity contribution is 5.89. The number of nitrogens with zero attached hydrogens (tertiary/aromatic N) is 4. The van der Waals surface area contributed by atoms with E-state index in [1.165, 1.54) is 12.1 Å². The normalized spacial score (nSPS) is 13.9. The van der Waals surface area contributed by atoms with E-state index in [9.17, 15) is 18.0 Å². The number of carbonyl (C=O) groups excluding carboxylic acids is 1. The predicted octanol–water partition coefficient (Wildman–Crippen LogP) is 3.85. The molecule has 28 heavy (non-hydrogen) atoms. The van der Waals surface area contributed by atoms with Crippen LogP contribution in [0.1, 0.15) is 29.6 Å². The largest absolute Gasteiger partial charge is 0.416 e. The van der Waals surface area contributed by atoms with Crippen LogP contribution in [0.25, 0.3) is 0 Å². The van der Waals surface area contributed by atoms with Gasteiger partial charge >= 0.3 is 12.2 Å². The molecule has 0 fully saturated rings. The minimum absolute atomic E-state index is 0.108. The summed E-state index contributed by atoms with van der Waals surface area (Å²) in [5.41, 5.74) is 1.09. The smallest absolute Gasteiger partial charge is 0.360 e. The van der Waals surface area contributed by atoms with E-state index in [4.69, 9.17) is 0 Å². The molecule has 1 aromatic carbocycles. The second-order valence-electron chi connectivity index (χ2n) is 6.71. The summed E-state index contributed by atoms with van der Waals surface area (Å²) in [5.74, 6) is 1.46. The Morgan fingerprint density at radius 1 is 1.32 bits per heavy atom. The van der Waals surface area contributed by atoms with Crippen LogP contribution in [-0.4, -0.2) is 41.0 Å². The number of carbonyl (C=O) groups is 1. The summed E-state index contributed by atoms with van der Waals surface area (Å²) in [5, 5.41) is 2.56. The van der Waals surface area contributed by atoms with Crippen molar-refractivity contribution in [3.8, 4) is 0 Å². The third-order valence-corrected chi connectivity index (χ3v) is 4.71. The first-order valence-electron chi connectivity index (χ1n) is 8.99. The molecule has 9 heteroatoms. The first kappa shape index (κ1) is 19.9. The molecule has 2 heterocycles. The van der Waals surface area contributed by atoms with Gasteiger partial charge < -0.3 is 15.1 Å². The van der Waals surface area contributed by atoms with E-state index in [-0.39, 0.29) is 5.69 Å². The molecule has 0 unspecified atom stereocenters. The first-order chi connectivity index (χ1) is 13.2. The van der Waals surface area contributed by atoms with Gasteiger partial charge in [0.2, 0.25) is 0 Å². The standard InChI is InChI=1S/C19H22F3N5O/c1-4-26(3)17-15-11-27(9-8-16(15)23-12(2)24-17)18(28)25-14-7-5-6-13(10-14)19(20,21)22/h5-7,10H,4,8-9,11H2,1-3H3,(H,25,28). The van der Waals surface area contributed by atoms with Crippen molar-refractivity contribution in [1.82, 2.24) is 14.9 Å². The number of hydrogen-bond acceptors (Lipinski definition) is 4. The molecule has 0 radical (unpaired) electrons. The number of urea groups is 1. The molecule has 150 valence electrons. The van der Waals surface area contributed by atoms with Gasteiger partial charge in [-0.3, -0.25) is 0 Å².